The molecule has 4 aromatic heterocycles. The van der Waals surface area contributed by atoms with Crippen molar-refractivity contribution in [3.63, 3.8) is 0 Å². The van der Waals surface area contributed by atoms with Gasteiger partial charge in [0.15, 0.2) is 11.6 Å². The molecule has 3 aliphatic heterocycles. The number of aryl methyl sites for hydroxylation is 1. The van der Waals surface area contributed by atoms with E-state index in [2.05, 4.69) is 36.1 Å². The number of hydrogen-bond acceptors (Lipinski definition) is 11. The van der Waals surface area contributed by atoms with Crippen LogP contribution in [0.25, 0.3) is 39.1 Å². The molecule has 3 atom stereocenters. The molecule has 3 saturated heterocycles. The second kappa shape index (κ2) is 13.6. The van der Waals surface area contributed by atoms with Gasteiger partial charge in [-0.2, -0.15) is 20.3 Å². The highest BCUT2D eigenvalue weighted by Gasteiger charge is 2.49. The minimum atomic E-state index is -0.988. The van der Waals surface area contributed by atoms with Crippen LogP contribution in [0.5, 0.6) is 6.01 Å². The number of pyridine rings is 1. The summed E-state index contributed by atoms with van der Waals surface area (Å²) in [4.78, 5) is 36.3. The van der Waals surface area contributed by atoms with Crippen LogP contribution in [0.1, 0.15) is 36.3 Å². The van der Waals surface area contributed by atoms with Gasteiger partial charge in [-0.1, -0.05) is 11.6 Å². The lowest BCUT2D eigenvalue weighted by atomic mass is 9.95. The molecule has 0 aliphatic carbocycles. The SMILES string of the molecule is Cc1cc2[nH]ncc2c(-c2ncc3c(N4CCN(C(=O)/C(F)=C/c5nccs5)[C@@H](CC#N)C4)nc(OC[C@@]45CCCN4C[C@H](F)C5)nc3c2F)c1Cl. The fraction of sp³-hybridized carbons (Fsp3) is 0.400. The summed E-state index contributed by atoms with van der Waals surface area (Å²) in [7, 11) is 0. The van der Waals surface area contributed by atoms with Crippen molar-refractivity contribution in [2.24, 2.45) is 0 Å². The summed E-state index contributed by atoms with van der Waals surface area (Å²) in [5, 5.41) is 19.9. The Hall–Kier alpha value is -4.85. The molecule has 0 unspecified atom stereocenters. The first-order valence-corrected chi connectivity index (χ1v) is 18.1. The third-order valence-corrected chi connectivity index (χ3v) is 11.5. The number of nitrogens with zero attached hydrogens (tertiary/aromatic N) is 9. The van der Waals surface area contributed by atoms with E-state index in [4.69, 9.17) is 21.3 Å². The van der Waals surface area contributed by atoms with Crippen molar-refractivity contribution in [1.82, 2.24) is 39.9 Å². The summed E-state index contributed by atoms with van der Waals surface area (Å²) in [6, 6.07) is 3.09. The Balaban J connectivity index is 1.19. The molecule has 0 spiro atoms. The maximum atomic E-state index is 16.9. The molecular weight excluding hydrogens is 717 g/mol. The minimum Gasteiger partial charge on any atom is -0.461 e. The minimum absolute atomic E-state index is 0.0416. The summed E-state index contributed by atoms with van der Waals surface area (Å²) in [5.74, 6) is -2.33. The topological polar surface area (TPSA) is 140 Å². The molecule has 0 radical (unpaired) electrons. The summed E-state index contributed by atoms with van der Waals surface area (Å²) >= 11 is 7.95. The molecule has 12 nitrogen and oxygen atoms in total. The highest BCUT2D eigenvalue weighted by Crippen LogP contribution is 2.42. The Kier molecular flexibility index (Phi) is 8.96. The summed E-state index contributed by atoms with van der Waals surface area (Å²) < 4.78 is 52.9. The summed E-state index contributed by atoms with van der Waals surface area (Å²) in [6.07, 6.45) is 6.53. The van der Waals surface area contributed by atoms with Gasteiger partial charge in [0.25, 0.3) is 5.91 Å². The summed E-state index contributed by atoms with van der Waals surface area (Å²) in [5.41, 5.74) is 1.06. The number of nitriles is 1. The number of halogens is 4. The standard InChI is InChI=1S/C35H32ClF3N10O2S/c1-19-11-25-22(15-43-46-25)27(28(19)36)31-29(39)30-23(14-42-31)32(45-34(44-30)51-18-35-4-2-7-48(35)16-20(37)13-35)47-8-9-49(21(17-47)3-5-40)33(50)24(38)12-26-41-6-10-52-26/h6,10-12,14-15,20-21H,2-4,7-9,13,16-18H2,1H3,(H,43,46)/b24-12-/t20-,21+,35+/m1/s1. The number of aromatic amines is 1. The number of piperazine rings is 1. The van der Waals surface area contributed by atoms with E-state index in [1.807, 2.05) is 6.07 Å². The Bertz CT molecular complexity index is 2260. The monoisotopic (exact) mass is 748 g/mol. The zero-order valence-corrected chi connectivity index (χ0v) is 29.5. The van der Waals surface area contributed by atoms with Crippen LogP contribution in [0, 0.1) is 24.1 Å². The Morgan fingerprint density at radius 3 is 2.90 bits per heavy atom. The molecule has 17 heteroatoms. The fourth-order valence-electron chi connectivity index (χ4n) is 7.79. The number of fused-ring (bicyclic) bond motifs is 3. The second-order valence-corrected chi connectivity index (χ2v) is 14.7. The van der Waals surface area contributed by atoms with Crippen LogP contribution in [-0.4, -0.2) is 103 Å². The molecule has 3 fully saturated rings. The van der Waals surface area contributed by atoms with E-state index in [0.717, 1.165) is 25.5 Å². The Morgan fingerprint density at radius 2 is 2.10 bits per heavy atom. The third-order valence-electron chi connectivity index (χ3n) is 10.3. The zero-order chi connectivity index (χ0) is 36.1. The highest BCUT2D eigenvalue weighted by atomic mass is 35.5. The lowest BCUT2D eigenvalue weighted by molar-refractivity contribution is -0.131. The first-order valence-electron chi connectivity index (χ1n) is 16.9. The van der Waals surface area contributed by atoms with E-state index < -0.39 is 35.3 Å². The van der Waals surface area contributed by atoms with Crippen LogP contribution < -0.4 is 9.64 Å². The van der Waals surface area contributed by atoms with E-state index in [-0.39, 0.29) is 61.1 Å². The molecule has 0 saturated carbocycles. The van der Waals surface area contributed by atoms with Gasteiger partial charge in [-0.25, -0.2) is 18.2 Å². The van der Waals surface area contributed by atoms with E-state index in [1.54, 1.807) is 23.4 Å². The van der Waals surface area contributed by atoms with Crippen LogP contribution in [0.3, 0.4) is 0 Å². The van der Waals surface area contributed by atoms with Gasteiger partial charge in [0.2, 0.25) is 0 Å². The van der Waals surface area contributed by atoms with Crippen molar-refractivity contribution in [2.45, 2.75) is 50.4 Å². The van der Waals surface area contributed by atoms with Gasteiger partial charge in [0.05, 0.1) is 46.2 Å². The van der Waals surface area contributed by atoms with Crippen LogP contribution in [0.15, 0.2) is 35.9 Å². The molecule has 7 heterocycles. The number of ether oxygens (including phenoxy) is 1. The molecule has 1 amide bonds. The average molecular weight is 749 g/mol. The first-order chi connectivity index (χ1) is 25.2. The van der Waals surface area contributed by atoms with Crippen LogP contribution in [0.2, 0.25) is 5.02 Å². The van der Waals surface area contributed by atoms with Gasteiger partial charge in [-0.05, 0) is 37.9 Å². The molecule has 8 rings (SSSR count). The molecule has 1 N–H and O–H groups in total. The van der Waals surface area contributed by atoms with Crippen molar-refractivity contribution in [3.05, 3.63) is 57.3 Å². The number of benzene rings is 1. The second-order valence-electron chi connectivity index (χ2n) is 13.4. The van der Waals surface area contributed by atoms with Crippen molar-refractivity contribution < 1.29 is 22.7 Å². The predicted molar refractivity (Wildman–Crippen MR) is 190 cm³/mol. The molecule has 5 aromatic rings. The predicted octanol–water partition coefficient (Wildman–Crippen LogP) is 6.02. The molecule has 0 bridgehead atoms. The number of alkyl halides is 1. The van der Waals surface area contributed by atoms with Gasteiger partial charge >= 0.3 is 6.01 Å². The van der Waals surface area contributed by atoms with Gasteiger partial charge in [0.1, 0.15) is 34.8 Å². The van der Waals surface area contributed by atoms with Crippen molar-refractivity contribution >= 4 is 62.5 Å². The molecule has 268 valence electrons. The number of hydrogen-bond donors (Lipinski definition) is 1. The number of thiazole rings is 1. The number of aromatic nitrogens is 6. The van der Waals surface area contributed by atoms with Crippen LogP contribution >= 0.6 is 22.9 Å². The van der Waals surface area contributed by atoms with Crippen LogP contribution in [-0.2, 0) is 4.79 Å². The quantitative estimate of drug-likeness (QED) is 0.187. The van der Waals surface area contributed by atoms with Crippen molar-refractivity contribution in [3.8, 4) is 23.3 Å². The van der Waals surface area contributed by atoms with Gasteiger partial charge < -0.3 is 14.5 Å². The molecule has 52 heavy (non-hydrogen) atoms. The fourth-order valence-corrected chi connectivity index (χ4v) is 8.59. The van der Waals surface area contributed by atoms with Crippen LogP contribution in [0.4, 0.5) is 19.0 Å². The number of anilines is 1. The van der Waals surface area contributed by atoms with Gasteiger partial charge in [-0.15, -0.1) is 11.3 Å². The van der Waals surface area contributed by atoms with E-state index in [1.165, 1.54) is 28.6 Å². The molecular formula is C35H32ClF3N10O2S. The lowest BCUT2D eigenvalue weighted by Gasteiger charge is -2.41. The Morgan fingerprint density at radius 1 is 1.23 bits per heavy atom. The Labute approximate surface area is 304 Å². The maximum Gasteiger partial charge on any atom is 0.319 e. The zero-order valence-electron chi connectivity index (χ0n) is 28.0. The third kappa shape index (κ3) is 6.00. The number of rotatable bonds is 8. The van der Waals surface area contributed by atoms with E-state index in [9.17, 15) is 14.4 Å². The number of amides is 1. The van der Waals surface area contributed by atoms with Crippen molar-refractivity contribution in [2.75, 3.05) is 44.2 Å². The highest BCUT2D eigenvalue weighted by molar-refractivity contribution is 7.10. The number of H-pyrrole nitrogens is 1. The van der Waals surface area contributed by atoms with E-state index >= 15 is 8.78 Å². The van der Waals surface area contributed by atoms with Crippen molar-refractivity contribution in [1.29, 1.82) is 5.26 Å². The normalized spacial score (nSPS) is 22.3. The summed E-state index contributed by atoms with van der Waals surface area (Å²) in [6.45, 7) is 3.32. The smallest absolute Gasteiger partial charge is 0.319 e. The van der Waals surface area contributed by atoms with E-state index in [0.29, 0.717) is 45.0 Å². The molecule has 3 aliphatic rings. The van der Waals surface area contributed by atoms with Gasteiger partial charge in [0, 0.05) is 67.4 Å². The molecule has 1 aromatic carbocycles. The lowest BCUT2D eigenvalue weighted by Crippen LogP contribution is -2.55. The number of nitrogens with one attached hydrogen (secondary N) is 1. The number of carbonyl (C=O) groups is 1. The average Bonchev–Trinajstić information content (AvgIpc) is 3.94. The maximum absolute atomic E-state index is 16.9. The number of carbonyl (C=O) groups excluding carboxylic acids is 1. The van der Waals surface area contributed by atoms with Gasteiger partial charge in [-0.3, -0.25) is 19.8 Å². The first kappa shape index (κ1) is 34.2. The largest absolute Gasteiger partial charge is 0.461 e.